The van der Waals surface area contributed by atoms with E-state index in [1.54, 1.807) is 7.11 Å². The lowest BCUT2D eigenvalue weighted by Crippen LogP contribution is -2.29. The van der Waals surface area contributed by atoms with Gasteiger partial charge in [0.25, 0.3) is 0 Å². The topological polar surface area (TPSA) is 41.9 Å². The highest BCUT2D eigenvalue weighted by Crippen LogP contribution is 2.15. The minimum absolute atomic E-state index is 0.00202. The molecule has 0 bridgehead atoms. The quantitative estimate of drug-likeness (QED) is 0.792. The first kappa shape index (κ1) is 11.8. The van der Waals surface area contributed by atoms with E-state index in [0.29, 0.717) is 13.0 Å². The third kappa shape index (κ3) is 2.71. The largest absolute Gasteiger partial charge is 0.380 e. The molecule has 2 rings (SSSR count). The highest BCUT2D eigenvalue weighted by atomic mass is 16.5. The van der Waals surface area contributed by atoms with Gasteiger partial charge >= 0.3 is 0 Å². The minimum Gasteiger partial charge on any atom is -0.380 e. The first-order valence-electron chi connectivity index (χ1n) is 5.66. The summed E-state index contributed by atoms with van der Waals surface area (Å²) in [6.45, 7) is 2.43. The maximum Gasteiger partial charge on any atom is 0.248 e. The fraction of sp³-hybridized carbons (Fsp3) is 0.385. The Kier molecular flexibility index (Phi) is 3.54. The molecule has 0 saturated carbocycles. The smallest absolute Gasteiger partial charge is 0.248 e. The van der Waals surface area contributed by atoms with Gasteiger partial charge in [-0.1, -0.05) is 30.3 Å². The Morgan fingerprint density at radius 1 is 1.41 bits per heavy atom. The Balaban J connectivity index is 2.12. The Morgan fingerprint density at radius 2 is 2.12 bits per heavy atom. The van der Waals surface area contributed by atoms with Gasteiger partial charge in [0.05, 0.1) is 24.8 Å². The summed E-state index contributed by atoms with van der Waals surface area (Å²) in [6.07, 6.45) is 0.373. The van der Waals surface area contributed by atoms with Crippen LogP contribution in [0.15, 0.2) is 35.4 Å². The van der Waals surface area contributed by atoms with Gasteiger partial charge in [0, 0.05) is 7.11 Å². The van der Waals surface area contributed by atoms with Crippen molar-refractivity contribution in [3.63, 3.8) is 0 Å². The second kappa shape index (κ2) is 5.10. The Bertz CT molecular complexity index is 428. The van der Waals surface area contributed by atoms with Crippen LogP contribution in [0.2, 0.25) is 0 Å². The van der Waals surface area contributed by atoms with Gasteiger partial charge in [0.2, 0.25) is 5.91 Å². The number of ether oxygens (including phenoxy) is 1. The van der Waals surface area contributed by atoms with Gasteiger partial charge in [-0.05, 0) is 12.5 Å². The molecule has 0 spiro atoms. The average Bonchev–Trinajstić information content (AvgIpc) is 2.72. The molecule has 1 amide bonds. The van der Waals surface area contributed by atoms with Crippen LogP contribution in [0, 0.1) is 0 Å². The number of nitrogens with zero attached hydrogens (tertiary/aromatic N) is 2. The maximum atomic E-state index is 11.8. The number of hydrogen-bond acceptors (Lipinski definition) is 3. The Morgan fingerprint density at radius 3 is 2.76 bits per heavy atom. The maximum absolute atomic E-state index is 11.8. The van der Waals surface area contributed by atoms with Crippen molar-refractivity contribution in [2.45, 2.75) is 19.4 Å². The molecule has 1 unspecified atom stereocenters. The first-order valence-corrected chi connectivity index (χ1v) is 5.66. The van der Waals surface area contributed by atoms with Gasteiger partial charge in [-0.25, -0.2) is 5.01 Å². The molecule has 1 aromatic carbocycles. The predicted molar refractivity (Wildman–Crippen MR) is 65.8 cm³/mol. The third-order valence-electron chi connectivity index (χ3n) is 2.79. The van der Waals surface area contributed by atoms with E-state index in [0.717, 1.165) is 11.3 Å². The van der Waals surface area contributed by atoms with Crippen LogP contribution in [-0.2, 0) is 9.53 Å². The molecule has 0 radical (unpaired) electrons. The van der Waals surface area contributed by atoms with Crippen molar-refractivity contribution in [2.24, 2.45) is 5.10 Å². The molecular weight excluding hydrogens is 216 g/mol. The van der Waals surface area contributed by atoms with E-state index >= 15 is 0 Å². The standard InChI is InChI=1S/C13H16N2O2/c1-10(17-2)9-15-13(16)8-12(14-15)11-6-4-3-5-7-11/h3-7,10H,8-9H2,1-2H3. The molecule has 1 aliphatic rings. The normalized spacial score (nSPS) is 17.2. The molecule has 0 aliphatic carbocycles. The van der Waals surface area contributed by atoms with Crippen molar-refractivity contribution in [3.05, 3.63) is 35.9 Å². The Hall–Kier alpha value is -1.68. The van der Waals surface area contributed by atoms with Crippen molar-refractivity contribution in [3.8, 4) is 0 Å². The number of amides is 1. The summed E-state index contributed by atoms with van der Waals surface area (Å²) in [5, 5.41) is 5.84. The molecular formula is C13H16N2O2. The molecule has 4 heteroatoms. The van der Waals surface area contributed by atoms with Gasteiger partial charge in [-0.2, -0.15) is 5.10 Å². The molecule has 90 valence electrons. The summed E-state index contributed by atoms with van der Waals surface area (Å²) >= 11 is 0. The highest BCUT2D eigenvalue weighted by molar-refractivity contribution is 6.13. The molecule has 1 heterocycles. The molecule has 0 N–H and O–H groups in total. The van der Waals surface area contributed by atoms with E-state index in [2.05, 4.69) is 5.10 Å². The van der Waals surface area contributed by atoms with Crippen molar-refractivity contribution in [1.29, 1.82) is 0 Å². The summed E-state index contributed by atoms with van der Waals surface area (Å²) < 4.78 is 5.14. The second-order valence-electron chi connectivity index (χ2n) is 4.11. The number of hydrogen-bond donors (Lipinski definition) is 0. The van der Waals surface area contributed by atoms with Crippen LogP contribution < -0.4 is 0 Å². The van der Waals surface area contributed by atoms with E-state index in [1.165, 1.54) is 5.01 Å². The van der Waals surface area contributed by atoms with Crippen molar-refractivity contribution in [1.82, 2.24) is 5.01 Å². The van der Waals surface area contributed by atoms with E-state index in [4.69, 9.17) is 4.74 Å². The zero-order valence-electron chi connectivity index (χ0n) is 10.1. The minimum atomic E-state index is -0.00202. The number of carbonyl (C=O) groups is 1. The molecule has 1 aromatic rings. The van der Waals surface area contributed by atoms with Crippen LogP contribution >= 0.6 is 0 Å². The second-order valence-corrected chi connectivity index (χ2v) is 4.11. The molecule has 0 fully saturated rings. The van der Waals surface area contributed by atoms with Crippen LogP contribution in [0.25, 0.3) is 0 Å². The Labute approximate surface area is 101 Å². The SMILES string of the molecule is COC(C)CN1N=C(c2ccccc2)CC1=O. The van der Waals surface area contributed by atoms with Crippen LogP contribution in [0.1, 0.15) is 18.9 Å². The van der Waals surface area contributed by atoms with E-state index in [1.807, 2.05) is 37.3 Å². The zero-order chi connectivity index (χ0) is 12.3. The zero-order valence-corrected chi connectivity index (χ0v) is 10.1. The summed E-state index contributed by atoms with van der Waals surface area (Å²) in [7, 11) is 1.63. The number of methoxy groups -OCH3 is 1. The highest BCUT2D eigenvalue weighted by Gasteiger charge is 2.25. The van der Waals surface area contributed by atoms with E-state index in [9.17, 15) is 4.79 Å². The van der Waals surface area contributed by atoms with Crippen LogP contribution in [0.3, 0.4) is 0 Å². The molecule has 0 saturated heterocycles. The lowest BCUT2D eigenvalue weighted by atomic mass is 10.1. The lowest BCUT2D eigenvalue weighted by Gasteiger charge is -2.15. The van der Waals surface area contributed by atoms with Crippen molar-refractivity contribution >= 4 is 11.6 Å². The van der Waals surface area contributed by atoms with E-state index in [-0.39, 0.29) is 12.0 Å². The van der Waals surface area contributed by atoms with Crippen molar-refractivity contribution in [2.75, 3.05) is 13.7 Å². The predicted octanol–water partition coefficient (Wildman–Crippen LogP) is 1.66. The number of carbonyl (C=O) groups excluding carboxylic acids is 1. The monoisotopic (exact) mass is 232 g/mol. The number of hydrazone groups is 1. The summed E-state index contributed by atoms with van der Waals surface area (Å²) in [6, 6.07) is 9.78. The van der Waals surface area contributed by atoms with Gasteiger partial charge < -0.3 is 4.74 Å². The fourth-order valence-electron chi connectivity index (χ4n) is 1.72. The van der Waals surface area contributed by atoms with Crippen LogP contribution in [0.5, 0.6) is 0 Å². The number of rotatable bonds is 4. The van der Waals surface area contributed by atoms with Crippen molar-refractivity contribution < 1.29 is 9.53 Å². The van der Waals surface area contributed by atoms with Crippen LogP contribution in [-0.4, -0.2) is 36.4 Å². The molecule has 17 heavy (non-hydrogen) atoms. The van der Waals surface area contributed by atoms with Gasteiger partial charge in [0.15, 0.2) is 0 Å². The van der Waals surface area contributed by atoms with Gasteiger partial charge in [-0.3, -0.25) is 4.79 Å². The average molecular weight is 232 g/mol. The summed E-state index contributed by atoms with van der Waals surface area (Å²) in [4.78, 5) is 11.8. The van der Waals surface area contributed by atoms with Crippen LogP contribution in [0.4, 0.5) is 0 Å². The summed E-state index contributed by atoms with van der Waals surface area (Å²) in [5.74, 6) is 0.0350. The lowest BCUT2D eigenvalue weighted by molar-refractivity contribution is -0.130. The molecule has 0 aromatic heterocycles. The summed E-state index contributed by atoms with van der Waals surface area (Å²) in [5.41, 5.74) is 1.84. The molecule has 4 nitrogen and oxygen atoms in total. The molecule has 1 aliphatic heterocycles. The van der Waals surface area contributed by atoms with E-state index < -0.39 is 0 Å². The third-order valence-corrected chi connectivity index (χ3v) is 2.79. The van der Waals surface area contributed by atoms with Gasteiger partial charge in [-0.15, -0.1) is 0 Å². The fourth-order valence-corrected chi connectivity index (χ4v) is 1.72. The van der Waals surface area contributed by atoms with Gasteiger partial charge in [0.1, 0.15) is 0 Å². The number of benzene rings is 1. The first-order chi connectivity index (χ1) is 8.20. The molecule has 1 atom stereocenters.